The Morgan fingerprint density at radius 1 is 0.364 bits per heavy atom. The smallest absolute Gasteiger partial charge is 0.333 e. The molecule has 0 radical (unpaired) electrons. The van der Waals surface area contributed by atoms with E-state index in [1.54, 1.807) is 0 Å². The average Bonchev–Trinajstić information content (AvgIpc) is 3.80. The molecule has 0 spiro atoms. The zero-order valence-electron chi connectivity index (χ0n) is 49.2. The van der Waals surface area contributed by atoms with Gasteiger partial charge >= 0.3 is 6.85 Å². The molecule has 0 saturated carbocycles. The summed E-state index contributed by atoms with van der Waals surface area (Å²) < 4.78 is 9.69. The number of ether oxygens (including phenoxy) is 1. The Kier molecular flexibility index (Phi) is 11.1. The van der Waals surface area contributed by atoms with Gasteiger partial charge in [0.25, 0.3) is 0 Å². The molecule has 3 aliphatic heterocycles. The van der Waals surface area contributed by atoms with Crippen molar-refractivity contribution >= 4 is 73.7 Å². The summed E-state index contributed by atoms with van der Waals surface area (Å²) >= 11 is 0. The Hall–Kier alpha value is -6.98. The Labute approximate surface area is 460 Å². The van der Waals surface area contributed by atoms with Crippen molar-refractivity contribution < 1.29 is 4.74 Å². The number of nitrogens with zero attached hydrogens (tertiary/aromatic N) is 3. The van der Waals surface area contributed by atoms with Crippen LogP contribution in [0.15, 0.2) is 146 Å². The summed E-state index contributed by atoms with van der Waals surface area (Å²) in [5.41, 5.74) is 24.7. The number of aromatic nitrogens is 1. The summed E-state index contributed by atoms with van der Waals surface area (Å²) in [5.74, 6) is 1.76. The summed E-state index contributed by atoms with van der Waals surface area (Å²) in [6.45, 7) is 41.7. The molecule has 0 atom stereocenters. The highest BCUT2D eigenvalue weighted by atomic mass is 16.5. The summed E-state index contributed by atoms with van der Waals surface area (Å²) in [4.78, 5) is 5.01. The minimum Gasteiger partial charge on any atom is -0.453 e. The van der Waals surface area contributed by atoms with Crippen LogP contribution in [-0.2, 0) is 32.5 Å². The van der Waals surface area contributed by atoms with Gasteiger partial charge in [0, 0.05) is 50.1 Å². The second kappa shape index (κ2) is 16.8. The van der Waals surface area contributed by atoms with E-state index in [4.69, 9.17) is 4.74 Å². The van der Waals surface area contributed by atoms with Gasteiger partial charge in [-0.2, -0.15) is 0 Å². The van der Waals surface area contributed by atoms with Gasteiger partial charge in [-0.15, -0.1) is 0 Å². The molecule has 0 saturated heterocycles. The lowest BCUT2D eigenvalue weighted by Crippen LogP contribution is -2.57. The molecule has 77 heavy (non-hydrogen) atoms. The first-order valence-corrected chi connectivity index (χ1v) is 28.2. The number of fused-ring (bicyclic) bond motifs is 9. The van der Waals surface area contributed by atoms with E-state index in [9.17, 15) is 0 Å². The highest BCUT2D eigenvalue weighted by Crippen LogP contribution is 2.54. The van der Waals surface area contributed by atoms with E-state index < -0.39 is 0 Å². The lowest BCUT2D eigenvalue weighted by atomic mass is 9.44. The summed E-state index contributed by atoms with van der Waals surface area (Å²) in [5, 5.41) is 2.59. The molecule has 5 heteroatoms. The number of anilines is 6. The maximum Gasteiger partial charge on any atom is 0.333 e. The third-order valence-corrected chi connectivity index (χ3v) is 17.1. The summed E-state index contributed by atoms with van der Waals surface area (Å²) in [6, 6.07) is 56.9. The second-order valence-electron chi connectivity index (χ2n) is 28.9. The Morgan fingerprint density at radius 2 is 0.857 bits per heavy atom. The number of rotatable bonds is 3. The minimum absolute atomic E-state index is 0.0362. The average molecular weight is 1010 g/mol. The van der Waals surface area contributed by atoms with Crippen molar-refractivity contribution in [3.8, 4) is 33.8 Å². The third kappa shape index (κ3) is 8.24. The molecular weight excluding hydrogens is 934 g/mol. The number of benzene rings is 8. The van der Waals surface area contributed by atoms with Crippen LogP contribution in [0.3, 0.4) is 0 Å². The van der Waals surface area contributed by atoms with E-state index >= 15 is 0 Å². The van der Waals surface area contributed by atoms with Crippen molar-refractivity contribution in [3.05, 3.63) is 179 Å². The van der Waals surface area contributed by atoms with Gasteiger partial charge < -0.3 is 19.0 Å². The van der Waals surface area contributed by atoms with Crippen LogP contribution >= 0.6 is 0 Å². The predicted molar refractivity (Wildman–Crippen MR) is 332 cm³/mol. The van der Waals surface area contributed by atoms with Gasteiger partial charge in [-0.1, -0.05) is 197 Å². The third-order valence-electron chi connectivity index (χ3n) is 17.1. The SMILES string of the molecule is CC(C)(C)c1ccc(N2c3ccc(C(C)(C)C)cc3B3c4c(cc(C(C)(C)C)cc42)-c2ccc(-c4cccc(N5c6ccc(C(C)(C)C)cc6Oc6cc(C(C)(C)C)ccc65)c4)c4c5cc(C(C)(C)C)ccc5n3c24)cc1. The second-order valence-corrected chi connectivity index (χ2v) is 28.9. The van der Waals surface area contributed by atoms with Crippen molar-refractivity contribution in [1.82, 2.24) is 4.48 Å². The van der Waals surface area contributed by atoms with Gasteiger partial charge in [0.1, 0.15) is 0 Å². The molecular formula is C72H78BN3O. The van der Waals surface area contributed by atoms with Gasteiger partial charge in [-0.3, -0.25) is 0 Å². The zero-order valence-corrected chi connectivity index (χ0v) is 49.2. The quantitative estimate of drug-likeness (QED) is 0.165. The van der Waals surface area contributed by atoms with E-state index in [1.807, 2.05) is 0 Å². The van der Waals surface area contributed by atoms with Crippen LogP contribution in [0.4, 0.5) is 34.1 Å². The summed E-state index contributed by atoms with van der Waals surface area (Å²) in [7, 11) is 0. The molecule has 1 aromatic heterocycles. The van der Waals surface area contributed by atoms with Crippen LogP contribution in [0.2, 0.25) is 0 Å². The lowest BCUT2D eigenvalue weighted by Gasteiger charge is -2.42. The maximum absolute atomic E-state index is 6.94. The molecule has 0 N–H and O–H groups in total. The molecule has 8 aromatic carbocycles. The van der Waals surface area contributed by atoms with Crippen LogP contribution in [0.1, 0.15) is 158 Å². The Morgan fingerprint density at radius 3 is 1.43 bits per heavy atom. The maximum atomic E-state index is 6.94. The Balaban J connectivity index is 1.15. The number of hydrogen-bond acceptors (Lipinski definition) is 3. The molecule has 390 valence electrons. The van der Waals surface area contributed by atoms with Crippen molar-refractivity contribution in [2.24, 2.45) is 0 Å². The van der Waals surface area contributed by atoms with Gasteiger partial charge in [-0.25, -0.2) is 0 Å². The molecule has 12 rings (SSSR count). The largest absolute Gasteiger partial charge is 0.453 e. The van der Waals surface area contributed by atoms with Gasteiger partial charge in [0.15, 0.2) is 11.5 Å². The van der Waals surface area contributed by atoms with Gasteiger partial charge in [-0.05, 0) is 166 Å². The van der Waals surface area contributed by atoms with Crippen molar-refractivity contribution in [3.63, 3.8) is 0 Å². The molecule has 0 bridgehead atoms. The van der Waals surface area contributed by atoms with Crippen molar-refractivity contribution in [1.29, 1.82) is 0 Å². The van der Waals surface area contributed by atoms with Crippen LogP contribution in [0.25, 0.3) is 44.1 Å². The fourth-order valence-corrected chi connectivity index (χ4v) is 12.4. The van der Waals surface area contributed by atoms with Crippen LogP contribution in [0, 0.1) is 0 Å². The van der Waals surface area contributed by atoms with E-state index in [0.29, 0.717) is 0 Å². The zero-order chi connectivity index (χ0) is 54.8. The standard InChI is InChI=1S/C72H78BN3O/c1-67(2,3)44-22-28-50(29-23-44)74-58-33-25-46(69(7,8)9)39-56(58)73-65-54(38-49(40-61(65)74)72(16,17)18)53-31-30-52(64-55-37-45(68(4,5)6)24-32-57(55)76(73)66(53)64)43-20-19-21-51(36-43)75-59-34-26-47(70(10,11)12)41-62(59)77-63-42-48(71(13,14)15)27-35-60(63)75/h19-42H,1-18H3. The van der Waals surface area contributed by atoms with Crippen LogP contribution in [0.5, 0.6) is 11.5 Å². The fourth-order valence-electron chi connectivity index (χ4n) is 12.4. The molecule has 0 fully saturated rings. The first-order chi connectivity index (χ1) is 36.0. The Bertz CT molecular complexity index is 3840. The predicted octanol–water partition coefficient (Wildman–Crippen LogP) is 19.2. The molecule has 0 amide bonds. The normalized spacial score (nSPS) is 14.4. The van der Waals surface area contributed by atoms with E-state index in [2.05, 4.69) is 284 Å². The topological polar surface area (TPSA) is 20.6 Å². The lowest BCUT2D eigenvalue weighted by molar-refractivity contribution is 0.469. The van der Waals surface area contributed by atoms with E-state index in [0.717, 1.165) is 28.6 Å². The molecule has 3 aliphatic rings. The van der Waals surface area contributed by atoms with Crippen LogP contribution in [-0.4, -0.2) is 11.3 Å². The van der Waals surface area contributed by atoms with Crippen LogP contribution < -0.4 is 25.5 Å². The highest BCUT2D eigenvalue weighted by molar-refractivity contribution is 6.90. The minimum atomic E-state index is -0.107. The number of hydrogen-bond donors (Lipinski definition) is 0. The molecule has 0 unspecified atom stereocenters. The molecule has 0 aliphatic carbocycles. The monoisotopic (exact) mass is 1010 g/mol. The first kappa shape index (κ1) is 50.8. The van der Waals surface area contributed by atoms with Crippen molar-refractivity contribution in [2.75, 3.05) is 9.80 Å². The molecule has 4 heterocycles. The van der Waals surface area contributed by atoms with E-state index in [-0.39, 0.29) is 39.3 Å². The first-order valence-electron chi connectivity index (χ1n) is 28.2. The highest BCUT2D eigenvalue weighted by Gasteiger charge is 2.45. The van der Waals surface area contributed by atoms with Gasteiger partial charge in [0.2, 0.25) is 0 Å². The summed E-state index contributed by atoms with van der Waals surface area (Å²) in [6.07, 6.45) is 0. The molecule has 9 aromatic rings. The molecule has 4 nitrogen and oxygen atoms in total. The van der Waals surface area contributed by atoms with E-state index in [1.165, 1.54) is 105 Å². The van der Waals surface area contributed by atoms with Crippen molar-refractivity contribution in [2.45, 2.75) is 157 Å². The van der Waals surface area contributed by atoms with Gasteiger partial charge in [0.05, 0.1) is 11.4 Å². The fraction of sp³-hybridized carbons (Fsp3) is 0.333.